The average molecular weight is 475 g/mol. The van der Waals surface area contributed by atoms with Crippen LogP contribution in [-0.4, -0.2) is 57.1 Å². The Kier molecular flexibility index (Phi) is 11.3. The maximum Gasteiger partial charge on any atom is 0.192 e. The van der Waals surface area contributed by atoms with E-state index in [0.29, 0.717) is 24.6 Å². The Hall–Kier alpha value is 1.24. The summed E-state index contributed by atoms with van der Waals surface area (Å²) in [6.07, 6.45) is 0.594. The van der Waals surface area contributed by atoms with Gasteiger partial charge in [0, 0.05) is 50.8 Å². The molecule has 0 amide bonds. The molecule has 2 rings (SSSR count). The molecule has 3 radical (unpaired) electrons. The number of hydrogen-bond acceptors (Lipinski definition) is 5. The minimum Gasteiger partial charge on any atom is -0.384 e. The third kappa shape index (κ3) is 6.87. The van der Waals surface area contributed by atoms with Gasteiger partial charge in [0.15, 0.2) is 8.03 Å². The van der Waals surface area contributed by atoms with Crippen molar-refractivity contribution in [2.24, 2.45) is 23.7 Å². The van der Waals surface area contributed by atoms with Gasteiger partial charge in [-0.15, -0.1) is 0 Å². The molecule has 0 saturated carbocycles. The minimum absolute atomic E-state index is 0. The van der Waals surface area contributed by atoms with E-state index >= 15 is 0 Å². The summed E-state index contributed by atoms with van der Waals surface area (Å²) < 4.78 is 36.3. The SMILES string of the molecule is [B][C@@H]1O[C@H](C(C)C)[C@H](C[PH](=O)OC[C@H]2O[C@@H](C)C(C)[C@H]2OC(C)C)C1C.[Y]. The molecule has 2 heterocycles. The van der Waals surface area contributed by atoms with E-state index in [1.165, 1.54) is 0 Å². The Morgan fingerprint density at radius 1 is 1.07 bits per heavy atom. The Labute approximate surface area is 192 Å². The molecule has 0 N–H and O–H groups in total. The molecule has 5 nitrogen and oxygen atoms in total. The molecule has 3 unspecified atom stereocenters. The van der Waals surface area contributed by atoms with E-state index in [1.807, 2.05) is 13.8 Å². The zero-order chi connectivity index (χ0) is 19.6. The van der Waals surface area contributed by atoms with E-state index in [-0.39, 0.29) is 81.1 Å². The van der Waals surface area contributed by atoms with Gasteiger partial charge in [-0.3, -0.25) is 4.57 Å². The second-order valence-electron chi connectivity index (χ2n) is 8.61. The van der Waals surface area contributed by atoms with Gasteiger partial charge in [0.1, 0.15) is 14.0 Å². The maximum absolute atomic E-state index is 12.6. The van der Waals surface area contributed by atoms with Crippen LogP contribution in [0.2, 0.25) is 0 Å². The number of ether oxygens (including phenoxy) is 3. The zero-order valence-electron chi connectivity index (χ0n) is 17.9. The summed E-state index contributed by atoms with van der Waals surface area (Å²) in [6, 6.07) is -0.286. The van der Waals surface area contributed by atoms with E-state index in [0.717, 1.165) is 0 Å². The van der Waals surface area contributed by atoms with Gasteiger partial charge in [0.2, 0.25) is 0 Å². The van der Waals surface area contributed by atoms with Crippen LogP contribution in [0.3, 0.4) is 0 Å². The van der Waals surface area contributed by atoms with Crippen LogP contribution in [0, 0.1) is 23.7 Å². The molecule has 0 spiro atoms. The molecule has 0 aromatic heterocycles. The summed E-state index contributed by atoms with van der Waals surface area (Å²) in [6.45, 7) is 14.8. The van der Waals surface area contributed by atoms with Crippen molar-refractivity contribution in [3.63, 3.8) is 0 Å². The van der Waals surface area contributed by atoms with Gasteiger partial charge < -0.3 is 18.7 Å². The predicted octanol–water partition coefficient (Wildman–Crippen LogP) is 3.49. The van der Waals surface area contributed by atoms with E-state index < -0.39 is 8.03 Å². The first-order valence-corrected chi connectivity index (χ1v) is 11.5. The third-order valence-corrected chi connectivity index (χ3v) is 7.14. The first kappa shape index (κ1) is 26.3. The molecule has 9 atom stereocenters. The van der Waals surface area contributed by atoms with Gasteiger partial charge in [-0.25, -0.2) is 0 Å². The molecule has 27 heavy (non-hydrogen) atoms. The van der Waals surface area contributed by atoms with Gasteiger partial charge >= 0.3 is 0 Å². The van der Waals surface area contributed by atoms with Crippen LogP contribution in [0.25, 0.3) is 0 Å². The second kappa shape index (κ2) is 11.6. The normalized spacial score (nSPS) is 40.5. The van der Waals surface area contributed by atoms with Crippen molar-refractivity contribution in [1.29, 1.82) is 0 Å². The van der Waals surface area contributed by atoms with Crippen molar-refractivity contribution < 1.29 is 56.0 Å². The molecule has 2 saturated heterocycles. The van der Waals surface area contributed by atoms with Crippen LogP contribution in [-0.2, 0) is 56.0 Å². The van der Waals surface area contributed by atoms with E-state index in [2.05, 4.69) is 34.6 Å². The van der Waals surface area contributed by atoms with Gasteiger partial charge in [-0.1, -0.05) is 27.7 Å². The smallest absolute Gasteiger partial charge is 0.192 e. The van der Waals surface area contributed by atoms with E-state index in [9.17, 15) is 4.57 Å². The molecule has 0 aromatic carbocycles. The van der Waals surface area contributed by atoms with Crippen molar-refractivity contribution >= 4 is 15.9 Å². The van der Waals surface area contributed by atoms with Gasteiger partial charge in [0.05, 0.1) is 31.0 Å². The minimum atomic E-state index is -2.19. The Balaban J connectivity index is 0.00000364. The fraction of sp³-hybridized carbons (Fsp3) is 1.00. The Morgan fingerprint density at radius 2 is 1.70 bits per heavy atom. The van der Waals surface area contributed by atoms with E-state index in [4.69, 9.17) is 26.6 Å². The maximum atomic E-state index is 12.6. The quantitative estimate of drug-likeness (QED) is 0.398. The largest absolute Gasteiger partial charge is 0.384 e. The Morgan fingerprint density at radius 3 is 2.26 bits per heavy atom. The molecule has 0 bridgehead atoms. The van der Waals surface area contributed by atoms with E-state index in [1.54, 1.807) is 0 Å². The van der Waals surface area contributed by atoms with Crippen molar-refractivity contribution in [3.8, 4) is 0 Å². The van der Waals surface area contributed by atoms with Crippen LogP contribution >= 0.6 is 8.03 Å². The van der Waals surface area contributed by atoms with Gasteiger partial charge in [0.25, 0.3) is 0 Å². The monoisotopic (exact) mass is 475 g/mol. The van der Waals surface area contributed by atoms with Crippen molar-refractivity contribution in [1.82, 2.24) is 0 Å². The van der Waals surface area contributed by atoms with Crippen LogP contribution in [0.15, 0.2) is 0 Å². The van der Waals surface area contributed by atoms with Crippen LogP contribution in [0.5, 0.6) is 0 Å². The molecule has 2 aliphatic heterocycles. The number of hydrogen-bond donors (Lipinski definition) is 0. The molecule has 0 aromatic rings. The first-order valence-electron chi connectivity index (χ1n) is 9.99. The summed E-state index contributed by atoms with van der Waals surface area (Å²) in [5.74, 6) is 0.982. The molecule has 2 fully saturated rings. The third-order valence-electron chi connectivity index (χ3n) is 5.84. The fourth-order valence-corrected chi connectivity index (χ4v) is 5.53. The molecule has 8 heteroatoms. The standard InChI is InChI=1S/C19H36BO5P.Y/c1-10(2)17-15(13(6)19(20)25-17)9-26(21)22-8-16-18(23-11(3)4)12(5)14(7)24-16;/h10-19,26H,8-9H2,1-7H3;/t12?,13?,14-,15+,16+,17+,18+,19+;/m0./s1. The molecular formula is C19H36BO5PY. The molecule has 0 aliphatic carbocycles. The summed E-state index contributed by atoms with van der Waals surface area (Å²) >= 11 is 0. The second-order valence-corrected chi connectivity index (χ2v) is 10.0. The van der Waals surface area contributed by atoms with Gasteiger partial charge in [-0.2, -0.15) is 0 Å². The van der Waals surface area contributed by atoms with Crippen molar-refractivity contribution in [2.45, 2.75) is 85.0 Å². The summed E-state index contributed by atoms with van der Waals surface area (Å²) in [4.78, 5) is 0. The van der Waals surface area contributed by atoms with Crippen LogP contribution in [0.1, 0.15) is 48.5 Å². The first-order chi connectivity index (χ1) is 12.1. The van der Waals surface area contributed by atoms with Crippen LogP contribution in [0.4, 0.5) is 0 Å². The zero-order valence-corrected chi connectivity index (χ0v) is 21.7. The predicted molar refractivity (Wildman–Crippen MR) is 105 cm³/mol. The van der Waals surface area contributed by atoms with Gasteiger partial charge in [-0.05, 0) is 38.5 Å². The average Bonchev–Trinajstić information content (AvgIpc) is 2.97. The fourth-order valence-electron chi connectivity index (χ4n) is 4.07. The molecule has 153 valence electrons. The van der Waals surface area contributed by atoms with Crippen LogP contribution < -0.4 is 0 Å². The Bertz CT molecular complexity index is 481. The van der Waals surface area contributed by atoms with Crippen molar-refractivity contribution in [2.75, 3.05) is 12.8 Å². The topological polar surface area (TPSA) is 54.0 Å². The summed E-state index contributed by atoms with van der Waals surface area (Å²) in [5, 5.41) is 0. The summed E-state index contributed by atoms with van der Waals surface area (Å²) in [5.41, 5.74) is 0. The molecule has 2 aliphatic rings. The summed E-state index contributed by atoms with van der Waals surface area (Å²) in [7, 11) is 3.86. The number of rotatable bonds is 8. The molecular weight excluding hydrogens is 439 g/mol. The van der Waals surface area contributed by atoms with Crippen molar-refractivity contribution in [3.05, 3.63) is 0 Å².